The van der Waals surface area contributed by atoms with Crippen LogP contribution in [0, 0.1) is 0 Å². The van der Waals surface area contributed by atoms with Gasteiger partial charge in [0.05, 0.1) is 0 Å². The van der Waals surface area contributed by atoms with Gasteiger partial charge in [-0.2, -0.15) is 0 Å². The van der Waals surface area contributed by atoms with Gasteiger partial charge in [0, 0.05) is 49.7 Å². The van der Waals surface area contributed by atoms with Crippen LogP contribution in [-0.2, 0) is 0 Å². The molecule has 0 saturated heterocycles. The number of para-hydroxylation sites is 5. The molecule has 0 unspecified atom stereocenters. The van der Waals surface area contributed by atoms with E-state index in [1.54, 1.807) is 0 Å². The molecule has 57 heavy (non-hydrogen) atoms. The molecule has 0 fully saturated rings. The maximum atomic E-state index is 6.68. The van der Waals surface area contributed by atoms with Crippen molar-refractivity contribution in [3.63, 3.8) is 0 Å². The minimum Gasteiger partial charge on any atom is -0.455 e. The third-order valence-corrected chi connectivity index (χ3v) is 11.1. The van der Waals surface area contributed by atoms with Crippen molar-refractivity contribution >= 4 is 60.9 Å². The van der Waals surface area contributed by atoms with Crippen LogP contribution in [-0.4, -0.2) is 0 Å². The summed E-state index contributed by atoms with van der Waals surface area (Å²) in [7, 11) is 0. The Labute approximate surface area is 330 Å². The van der Waals surface area contributed by atoms with E-state index in [1.807, 2.05) is 24.3 Å². The van der Waals surface area contributed by atoms with E-state index < -0.39 is 0 Å². The molecule has 0 radical (unpaired) electrons. The van der Waals surface area contributed by atoms with Crippen LogP contribution >= 0.6 is 0 Å². The van der Waals surface area contributed by atoms with Gasteiger partial charge in [0.25, 0.3) is 0 Å². The average Bonchev–Trinajstić information content (AvgIpc) is 3.86. The normalized spacial score (nSPS) is 11.5. The standard InChI is InChI=1S/C54H35NO2/c1-3-15-36(16-4-1)37-17-11-21-41(33-37)55(40-19-5-2-6-20-40)42-22-12-18-38(34-42)43-32-31-39(44-25-13-26-47-45-23-7-9-29-51(45)56-53(44)47)35-50(43)49-28-14-27-48-46-24-8-10-30-52(46)57-54(48)49/h1-35H. The van der Waals surface area contributed by atoms with Crippen molar-refractivity contribution < 1.29 is 8.83 Å². The van der Waals surface area contributed by atoms with E-state index in [-0.39, 0.29) is 0 Å². The first kappa shape index (κ1) is 32.8. The molecular formula is C54H35NO2. The number of rotatable bonds is 7. The first-order valence-corrected chi connectivity index (χ1v) is 19.3. The predicted octanol–water partition coefficient (Wildman–Crippen LogP) is 15.6. The van der Waals surface area contributed by atoms with E-state index in [9.17, 15) is 0 Å². The maximum absolute atomic E-state index is 6.68. The molecule has 0 saturated carbocycles. The Hall–Kier alpha value is -7.62. The van der Waals surface area contributed by atoms with Crippen molar-refractivity contribution in [2.75, 3.05) is 4.90 Å². The van der Waals surface area contributed by atoms with Crippen LogP contribution in [0.4, 0.5) is 17.1 Å². The SMILES string of the molecule is c1ccc(-c2cccc(N(c3ccccc3)c3cccc(-c4ccc(-c5cccc6c5oc5ccccc56)cc4-c4cccc5c4oc4ccccc45)c3)c2)cc1. The van der Waals surface area contributed by atoms with Gasteiger partial charge in [-0.1, -0.05) is 158 Å². The van der Waals surface area contributed by atoms with Crippen LogP contribution in [0.25, 0.3) is 88.4 Å². The van der Waals surface area contributed by atoms with Gasteiger partial charge in [-0.15, -0.1) is 0 Å². The highest BCUT2D eigenvalue weighted by Gasteiger charge is 2.20. The second-order valence-corrected chi connectivity index (χ2v) is 14.5. The smallest absolute Gasteiger partial charge is 0.143 e. The summed E-state index contributed by atoms with van der Waals surface area (Å²) < 4.78 is 13.2. The molecule has 0 N–H and O–H groups in total. The number of fused-ring (bicyclic) bond motifs is 6. The highest BCUT2D eigenvalue weighted by Crippen LogP contribution is 2.45. The van der Waals surface area contributed by atoms with Crippen LogP contribution in [0.15, 0.2) is 221 Å². The summed E-state index contributed by atoms with van der Waals surface area (Å²) in [6.45, 7) is 0. The van der Waals surface area contributed by atoms with Gasteiger partial charge in [0.1, 0.15) is 22.3 Å². The predicted molar refractivity (Wildman–Crippen MR) is 237 cm³/mol. The minimum atomic E-state index is 0.874. The van der Waals surface area contributed by atoms with Crippen LogP contribution in [0.2, 0.25) is 0 Å². The lowest BCUT2D eigenvalue weighted by atomic mass is 9.89. The van der Waals surface area contributed by atoms with Crippen LogP contribution in [0.1, 0.15) is 0 Å². The molecule has 0 atom stereocenters. The molecule has 0 spiro atoms. The Bertz CT molecular complexity index is 3250. The van der Waals surface area contributed by atoms with E-state index in [1.165, 1.54) is 11.1 Å². The summed E-state index contributed by atoms with van der Waals surface area (Å²) in [4.78, 5) is 2.34. The van der Waals surface area contributed by atoms with Crippen LogP contribution < -0.4 is 4.90 Å². The van der Waals surface area contributed by atoms with Gasteiger partial charge in [-0.25, -0.2) is 0 Å². The fourth-order valence-corrected chi connectivity index (χ4v) is 8.41. The summed E-state index contributed by atoms with van der Waals surface area (Å²) in [5.74, 6) is 0. The third kappa shape index (κ3) is 5.68. The third-order valence-electron chi connectivity index (χ3n) is 11.1. The molecule has 0 aliphatic heterocycles. The number of anilines is 3. The molecular weight excluding hydrogens is 695 g/mol. The zero-order chi connectivity index (χ0) is 37.7. The lowest BCUT2D eigenvalue weighted by Crippen LogP contribution is -2.10. The molecule has 268 valence electrons. The summed E-state index contributed by atoms with van der Waals surface area (Å²) in [6.07, 6.45) is 0. The number of hydrogen-bond donors (Lipinski definition) is 0. The molecule has 3 nitrogen and oxygen atoms in total. The zero-order valence-electron chi connectivity index (χ0n) is 31.0. The van der Waals surface area contributed by atoms with Crippen molar-refractivity contribution in [3.8, 4) is 44.5 Å². The first-order valence-electron chi connectivity index (χ1n) is 19.3. The van der Waals surface area contributed by atoms with E-state index in [0.29, 0.717) is 0 Å². The highest BCUT2D eigenvalue weighted by molar-refractivity contribution is 6.12. The van der Waals surface area contributed by atoms with E-state index >= 15 is 0 Å². The Morgan fingerprint density at radius 1 is 0.263 bits per heavy atom. The first-order chi connectivity index (χ1) is 28.3. The minimum absolute atomic E-state index is 0.874. The Morgan fingerprint density at radius 2 is 0.737 bits per heavy atom. The summed E-state index contributed by atoms with van der Waals surface area (Å²) in [6, 6.07) is 75.1. The molecule has 2 heterocycles. The van der Waals surface area contributed by atoms with Crippen molar-refractivity contribution in [1.29, 1.82) is 0 Å². The van der Waals surface area contributed by atoms with Crippen molar-refractivity contribution in [2.24, 2.45) is 0 Å². The highest BCUT2D eigenvalue weighted by atomic mass is 16.3. The topological polar surface area (TPSA) is 29.5 Å². The number of furan rings is 2. The van der Waals surface area contributed by atoms with Gasteiger partial charge < -0.3 is 13.7 Å². The summed E-state index contributed by atoms with van der Waals surface area (Å²) >= 11 is 0. The van der Waals surface area contributed by atoms with Crippen molar-refractivity contribution in [3.05, 3.63) is 212 Å². The average molecular weight is 730 g/mol. The van der Waals surface area contributed by atoms with Gasteiger partial charge in [0.2, 0.25) is 0 Å². The van der Waals surface area contributed by atoms with E-state index in [2.05, 4.69) is 193 Å². The molecule has 11 aromatic rings. The maximum Gasteiger partial charge on any atom is 0.143 e. The van der Waals surface area contributed by atoms with Gasteiger partial charge >= 0.3 is 0 Å². The molecule has 0 aliphatic carbocycles. The van der Waals surface area contributed by atoms with Gasteiger partial charge in [-0.3, -0.25) is 0 Å². The summed E-state index contributed by atoms with van der Waals surface area (Å²) in [5, 5.41) is 4.43. The van der Waals surface area contributed by atoms with Crippen LogP contribution in [0.5, 0.6) is 0 Å². The largest absolute Gasteiger partial charge is 0.455 e. The van der Waals surface area contributed by atoms with Gasteiger partial charge in [-0.05, 0) is 88.0 Å². The van der Waals surface area contributed by atoms with Crippen LogP contribution in [0.3, 0.4) is 0 Å². The van der Waals surface area contributed by atoms with E-state index in [0.717, 1.165) is 94.3 Å². The zero-order valence-corrected chi connectivity index (χ0v) is 31.0. The molecule has 3 heteroatoms. The van der Waals surface area contributed by atoms with Crippen molar-refractivity contribution in [2.45, 2.75) is 0 Å². The molecule has 0 amide bonds. The fourth-order valence-electron chi connectivity index (χ4n) is 8.41. The monoisotopic (exact) mass is 729 g/mol. The summed E-state index contributed by atoms with van der Waals surface area (Å²) in [5.41, 5.74) is 15.6. The molecule has 0 aliphatic rings. The number of nitrogens with zero attached hydrogens (tertiary/aromatic N) is 1. The second-order valence-electron chi connectivity index (χ2n) is 14.5. The number of benzene rings is 9. The molecule has 2 aromatic heterocycles. The number of hydrogen-bond acceptors (Lipinski definition) is 3. The molecule has 0 bridgehead atoms. The lowest BCUT2D eigenvalue weighted by molar-refractivity contribution is 0.670. The molecule has 11 rings (SSSR count). The fraction of sp³-hybridized carbons (Fsp3) is 0. The van der Waals surface area contributed by atoms with Crippen molar-refractivity contribution in [1.82, 2.24) is 0 Å². The Kier molecular flexibility index (Phi) is 7.82. The molecule has 9 aromatic carbocycles. The quantitative estimate of drug-likeness (QED) is 0.164. The van der Waals surface area contributed by atoms with Gasteiger partial charge in [0.15, 0.2) is 0 Å². The van der Waals surface area contributed by atoms with E-state index in [4.69, 9.17) is 8.83 Å². The second kappa shape index (κ2) is 13.6. The Balaban J connectivity index is 1.12. The lowest BCUT2D eigenvalue weighted by Gasteiger charge is -2.26. The Morgan fingerprint density at radius 3 is 1.42 bits per heavy atom.